The van der Waals surface area contributed by atoms with E-state index in [1.54, 1.807) is 18.5 Å². The maximum Gasteiger partial charge on any atom is 0.228 e. The van der Waals surface area contributed by atoms with Crippen LogP contribution < -0.4 is 0 Å². The predicted molar refractivity (Wildman–Crippen MR) is 92.4 cm³/mol. The van der Waals surface area contributed by atoms with Crippen molar-refractivity contribution in [3.63, 3.8) is 0 Å². The summed E-state index contributed by atoms with van der Waals surface area (Å²) < 4.78 is 0. The Morgan fingerprint density at radius 3 is 2.75 bits per heavy atom. The van der Waals surface area contributed by atoms with Crippen molar-refractivity contribution in [2.75, 3.05) is 6.54 Å². The number of carbonyl (C=O) groups excluding carboxylic acids is 1. The van der Waals surface area contributed by atoms with Gasteiger partial charge in [-0.2, -0.15) is 0 Å². The largest absolute Gasteiger partial charge is 0.338 e. The zero-order chi connectivity index (χ0) is 16.4. The van der Waals surface area contributed by atoms with Gasteiger partial charge in [0.05, 0.1) is 12.1 Å². The van der Waals surface area contributed by atoms with Gasteiger partial charge in [-0.1, -0.05) is 24.3 Å². The third-order valence-corrected chi connectivity index (χ3v) is 5.01. The number of carbonyl (C=O) groups is 1. The molecular formula is C18H16N4OS. The van der Waals surface area contributed by atoms with Crippen molar-refractivity contribution in [2.24, 2.45) is 0 Å². The van der Waals surface area contributed by atoms with Crippen LogP contribution in [0.2, 0.25) is 0 Å². The molecule has 0 N–H and O–H groups in total. The summed E-state index contributed by atoms with van der Waals surface area (Å²) in [5.41, 5.74) is 3.37. The molecule has 0 atom stereocenters. The van der Waals surface area contributed by atoms with Gasteiger partial charge >= 0.3 is 0 Å². The fraction of sp³-hybridized carbons (Fsp3) is 0.222. The lowest BCUT2D eigenvalue weighted by Gasteiger charge is -2.28. The maximum absolute atomic E-state index is 12.6. The molecule has 6 heteroatoms. The summed E-state index contributed by atoms with van der Waals surface area (Å²) in [6.45, 7) is 1.46. The van der Waals surface area contributed by atoms with Crippen LogP contribution in [0, 0.1) is 0 Å². The van der Waals surface area contributed by atoms with E-state index in [2.05, 4.69) is 33.2 Å². The lowest BCUT2D eigenvalue weighted by Crippen LogP contribution is -2.36. The van der Waals surface area contributed by atoms with Crippen molar-refractivity contribution in [1.82, 2.24) is 19.9 Å². The Morgan fingerprint density at radius 2 is 1.92 bits per heavy atom. The van der Waals surface area contributed by atoms with Crippen LogP contribution in [-0.4, -0.2) is 32.3 Å². The van der Waals surface area contributed by atoms with Crippen LogP contribution in [0.25, 0.3) is 10.8 Å². The number of amides is 1. The zero-order valence-electron chi connectivity index (χ0n) is 13.1. The number of fused-ring (bicyclic) bond motifs is 1. The molecule has 0 radical (unpaired) electrons. The highest BCUT2D eigenvalue weighted by Crippen LogP contribution is 2.22. The molecule has 0 aliphatic carbocycles. The van der Waals surface area contributed by atoms with Crippen LogP contribution in [0.15, 0.2) is 48.1 Å². The molecule has 0 fully saturated rings. The van der Waals surface area contributed by atoms with Crippen molar-refractivity contribution in [1.29, 1.82) is 0 Å². The fourth-order valence-corrected chi connectivity index (χ4v) is 3.64. The first-order valence-corrected chi connectivity index (χ1v) is 8.74. The second-order valence-electron chi connectivity index (χ2n) is 5.73. The molecule has 24 heavy (non-hydrogen) atoms. The average Bonchev–Trinajstić information content (AvgIpc) is 3.10. The van der Waals surface area contributed by atoms with Crippen LogP contribution in [0.3, 0.4) is 0 Å². The van der Waals surface area contributed by atoms with E-state index in [4.69, 9.17) is 0 Å². The van der Waals surface area contributed by atoms with Gasteiger partial charge in [0.2, 0.25) is 5.91 Å². The van der Waals surface area contributed by atoms with Gasteiger partial charge in [0.25, 0.3) is 0 Å². The summed E-state index contributed by atoms with van der Waals surface area (Å²) in [7, 11) is 0. The van der Waals surface area contributed by atoms with Crippen molar-refractivity contribution in [2.45, 2.75) is 19.4 Å². The Balaban J connectivity index is 1.45. The van der Waals surface area contributed by atoms with Gasteiger partial charge in [-0.05, 0) is 23.6 Å². The smallest absolute Gasteiger partial charge is 0.228 e. The standard InChI is InChI=1S/C18H16N4OS/c23-16(22-9-6-13-4-1-2-5-14(13)11-22)10-15-12-24-18(21-15)17-19-7-3-8-20-17/h1-5,7-8,12H,6,9-11H2. The molecule has 120 valence electrons. The van der Waals surface area contributed by atoms with Gasteiger partial charge in [-0.3, -0.25) is 4.79 Å². The first-order valence-electron chi connectivity index (χ1n) is 7.86. The van der Waals surface area contributed by atoms with E-state index in [-0.39, 0.29) is 5.91 Å². The molecule has 0 saturated heterocycles. The highest BCUT2D eigenvalue weighted by atomic mass is 32.1. The molecular weight excluding hydrogens is 320 g/mol. The zero-order valence-corrected chi connectivity index (χ0v) is 13.9. The van der Waals surface area contributed by atoms with E-state index >= 15 is 0 Å². The lowest BCUT2D eigenvalue weighted by atomic mass is 10.00. The van der Waals surface area contributed by atoms with Crippen molar-refractivity contribution in [3.8, 4) is 10.8 Å². The summed E-state index contributed by atoms with van der Waals surface area (Å²) >= 11 is 1.47. The number of benzene rings is 1. The maximum atomic E-state index is 12.6. The Hall–Kier alpha value is -2.60. The Labute approximate surface area is 144 Å². The van der Waals surface area contributed by atoms with Crippen LogP contribution in [0.1, 0.15) is 16.8 Å². The monoisotopic (exact) mass is 336 g/mol. The minimum atomic E-state index is 0.121. The van der Waals surface area contributed by atoms with Crippen LogP contribution in [0.5, 0.6) is 0 Å². The number of thiazole rings is 1. The lowest BCUT2D eigenvalue weighted by molar-refractivity contribution is -0.131. The van der Waals surface area contributed by atoms with E-state index in [1.807, 2.05) is 16.3 Å². The molecule has 3 aromatic rings. The molecule has 0 saturated carbocycles. The molecule has 1 aromatic carbocycles. The fourth-order valence-electron chi connectivity index (χ4n) is 2.88. The van der Waals surface area contributed by atoms with Gasteiger partial charge in [-0.15, -0.1) is 11.3 Å². The van der Waals surface area contributed by atoms with E-state index in [0.717, 1.165) is 23.7 Å². The molecule has 0 unspecified atom stereocenters. The van der Waals surface area contributed by atoms with Gasteiger partial charge in [0, 0.05) is 30.9 Å². The first kappa shape index (κ1) is 15.0. The SMILES string of the molecule is O=C(Cc1csc(-c2ncccn2)n1)N1CCc2ccccc2C1. The molecule has 1 amide bonds. The summed E-state index contributed by atoms with van der Waals surface area (Å²) in [5.74, 6) is 0.725. The van der Waals surface area contributed by atoms with E-state index in [0.29, 0.717) is 18.8 Å². The molecule has 0 spiro atoms. The summed E-state index contributed by atoms with van der Waals surface area (Å²) in [6, 6.07) is 10.1. The van der Waals surface area contributed by atoms with E-state index < -0.39 is 0 Å². The minimum Gasteiger partial charge on any atom is -0.338 e. The molecule has 3 heterocycles. The summed E-state index contributed by atoms with van der Waals surface area (Å²) in [4.78, 5) is 27.4. The third kappa shape index (κ3) is 3.05. The molecule has 1 aliphatic rings. The highest BCUT2D eigenvalue weighted by Gasteiger charge is 2.21. The summed E-state index contributed by atoms with van der Waals surface area (Å²) in [6.07, 6.45) is 4.63. The molecule has 5 nitrogen and oxygen atoms in total. The number of nitrogens with zero attached hydrogens (tertiary/aromatic N) is 4. The quantitative estimate of drug-likeness (QED) is 0.738. The van der Waals surface area contributed by atoms with Crippen LogP contribution >= 0.6 is 11.3 Å². The van der Waals surface area contributed by atoms with E-state index in [9.17, 15) is 4.79 Å². The molecule has 0 bridgehead atoms. The van der Waals surface area contributed by atoms with Crippen molar-refractivity contribution >= 4 is 17.2 Å². The Morgan fingerprint density at radius 1 is 1.12 bits per heavy atom. The van der Waals surface area contributed by atoms with Crippen molar-refractivity contribution in [3.05, 3.63) is 64.9 Å². The second kappa shape index (κ2) is 6.49. The van der Waals surface area contributed by atoms with E-state index in [1.165, 1.54) is 22.5 Å². The molecule has 4 rings (SSSR count). The Bertz CT molecular complexity index is 862. The minimum absolute atomic E-state index is 0.121. The van der Waals surface area contributed by atoms with Gasteiger partial charge in [0.1, 0.15) is 0 Å². The Kier molecular flexibility index (Phi) is 4.04. The molecule has 2 aromatic heterocycles. The first-order chi connectivity index (χ1) is 11.8. The number of rotatable bonds is 3. The highest BCUT2D eigenvalue weighted by molar-refractivity contribution is 7.13. The summed E-state index contributed by atoms with van der Waals surface area (Å²) in [5, 5.41) is 2.67. The number of hydrogen-bond acceptors (Lipinski definition) is 5. The van der Waals surface area contributed by atoms with Gasteiger partial charge < -0.3 is 4.90 Å². The number of hydrogen-bond donors (Lipinski definition) is 0. The van der Waals surface area contributed by atoms with Crippen molar-refractivity contribution < 1.29 is 4.79 Å². The predicted octanol–water partition coefficient (Wildman–Crippen LogP) is 2.73. The number of aromatic nitrogens is 3. The molecule has 1 aliphatic heterocycles. The van der Waals surface area contributed by atoms with Gasteiger partial charge in [-0.25, -0.2) is 15.0 Å². The third-order valence-electron chi connectivity index (χ3n) is 4.12. The topological polar surface area (TPSA) is 59.0 Å². The second-order valence-corrected chi connectivity index (χ2v) is 6.59. The average molecular weight is 336 g/mol. The van der Waals surface area contributed by atoms with Crippen LogP contribution in [-0.2, 0) is 24.2 Å². The normalized spacial score (nSPS) is 13.6. The van der Waals surface area contributed by atoms with Gasteiger partial charge in [0.15, 0.2) is 10.8 Å². The van der Waals surface area contributed by atoms with Crippen LogP contribution in [0.4, 0.5) is 0 Å².